The molecule has 1 aromatic heterocycles. The fourth-order valence-corrected chi connectivity index (χ4v) is 1.59. The summed E-state index contributed by atoms with van der Waals surface area (Å²) >= 11 is 5.67. The van der Waals surface area contributed by atoms with E-state index in [1.165, 1.54) is 0 Å². The number of hydrogen-bond donors (Lipinski definition) is 1. The summed E-state index contributed by atoms with van der Waals surface area (Å²) in [5.41, 5.74) is 5.46. The predicted octanol–water partition coefficient (Wildman–Crippen LogP) is -0.614. The molecule has 86 valence electrons. The zero-order chi connectivity index (χ0) is 11.7. The van der Waals surface area contributed by atoms with Gasteiger partial charge in [-0.15, -0.1) is 0 Å². The number of hydrogen-bond acceptors (Lipinski definition) is 6. The Hall–Kier alpha value is -1.63. The first-order chi connectivity index (χ1) is 7.56. The summed E-state index contributed by atoms with van der Waals surface area (Å²) in [6.07, 6.45) is 0. The van der Waals surface area contributed by atoms with Crippen LogP contribution in [0.1, 0.15) is 0 Å². The molecule has 7 nitrogen and oxygen atoms in total. The van der Waals surface area contributed by atoms with Gasteiger partial charge in [0.1, 0.15) is 0 Å². The van der Waals surface area contributed by atoms with Crippen LogP contribution in [-0.4, -0.2) is 52.4 Å². The highest BCUT2D eigenvalue weighted by molar-refractivity contribution is 6.28. The summed E-state index contributed by atoms with van der Waals surface area (Å²) in [6.45, 7) is 1.51. The van der Waals surface area contributed by atoms with Crippen molar-refractivity contribution in [3.63, 3.8) is 0 Å². The van der Waals surface area contributed by atoms with Gasteiger partial charge in [-0.25, -0.2) is 0 Å². The molecule has 2 heterocycles. The molecule has 0 saturated carbocycles. The third-order valence-corrected chi connectivity index (χ3v) is 2.52. The Kier molecular flexibility index (Phi) is 2.78. The third-order valence-electron chi connectivity index (χ3n) is 2.35. The van der Waals surface area contributed by atoms with Crippen molar-refractivity contribution in [1.29, 1.82) is 0 Å². The van der Waals surface area contributed by atoms with E-state index >= 15 is 0 Å². The molecule has 0 bridgehead atoms. The minimum absolute atomic E-state index is 0.0151. The number of piperazine rings is 1. The molecule has 0 aliphatic carbocycles. The zero-order valence-corrected chi connectivity index (χ0v) is 9.48. The van der Waals surface area contributed by atoms with Gasteiger partial charge in [0.05, 0.1) is 6.54 Å². The Labute approximate surface area is 97.2 Å². The van der Waals surface area contributed by atoms with Gasteiger partial charge in [-0.3, -0.25) is 4.79 Å². The standard InChI is InChI=1S/C8H11ClN6O/c1-14-2-3-15(4-5(14)16)8-12-6(9)11-7(10)13-8/h2-4H2,1H3,(H2,10,11,12,13). The summed E-state index contributed by atoms with van der Waals surface area (Å²) in [6, 6.07) is 0. The lowest BCUT2D eigenvalue weighted by Crippen LogP contribution is -2.49. The van der Waals surface area contributed by atoms with Crippen LogP contribution in [0.5, 0.6) is 0 Å². The van der Waals surface area contributed by atoms with Crippen molar-refractivity contribution in [2.75, 3.05) is 37.3 Å². The molecule has 8 heteroatoms. The topological polar surface area (TPSA) is 88.2 Å². The van der Waals surface area contributed by atoms with Crippen molar-refractivity contribution in [3.05, 3.63) is 5.28 Å². The molecule has 1 aliphatic rings. The van der Waals surface area contributed by atoms with Crippen LogP contribution in [0.4, 0.5) is 11.9 Å². The Balaban J connectivity index is 2.21. The SMILES string of the molecule is CN1CCN(c2nc(N)nc(Cl)n2)CC1=O. The summed E-state index contributed by atoms with van der Waals surface area (Å²) < 4.78 is 0. The number of carbonyl (C=O) groups is 1. The highest BCUT2D eigenvalue weighted by Crippen LogP contribution is 2.14. The molecule has 0 aromatic carbocycles. The van der Waals surface area contributed by atoms with Crippen LogP contribution in [0.3, 0.4) is 0 Å². The largest absolute Gasteiger partial charge is 0.368 e. The summed E-state index contributed by atoms with van der Waals surface area (Å²) in [5.74, 6) is 0.418. The third kappa shape index (κ3) is 2.13. The van der Waals surface area contributed by atoms with Crippen molar-refractivity contribution in [2.45, 2.75) is 0 Å². The van der Waals surface area contributed by atoms with E-state index in [-0.39, 0.29) is 23.7 Å². The van der Waals surface area contributed by atoms with E-state index < -0.39 is 0 Å². The smallest absolute Gasteiger partial charge is 0.242 e. The molecule has 0 radical (unpaired) electrons. The minimum Gasteiger partial charge on any atom is -0.368 e. The maximum absolute atomic E-state index is 11.5. The van der Waals surface area contributed by atoms with Crippen molar-refractivity contribution in [1.82, 2.24) is 19.9 Å². The molecule has 1 fully saturated rings. The molecular formula is C8H11ClN6O. The maximum Gasteiger partial charge on any atom is 0.242 e. The van der Waals surface area contributed by atoms with Gasteiger partial charge in [-0.05, 0) is 11.6 Å². The van der Waals surface area contributed by atoms with Gasteiger partial charge in [-0.1, -0.05) is 0 Å². The number of likely N-dealkylation sites (N-methyl/N-ethyl adjacent to an activating group) is 1. The van der Waals surface area contributed by atoms with Crippen LogP contribution in [0.2, 0.25) is 5.28 Å². The Bertz CT molecular complexity index is 405. The first-order valence-electron chi connectivity index (χ1n) is 4.72. The average molecular weight is 243 g/mol. The van der Waals surface area contributed by atoms with Gasteiger partial charge < -0.3 is 15.5 Å². The fraction of sp³-hybridized carbons (Fsp3) is 0.500. The lowest BCUT2D eigenvalue weighted by atomic mass is 10.3. The summed E-state index contributed by atoms with van der Waals surface area (Å²) in [5, 5.41) is 0.0360. The van der Waals surface area contributed by atoms with Gasteiger partial charge in [-0.2, -0.15) is 15.0 Å². The van der Waals surface area contributed by atoms with Gasteiger partial charge >= 0.3 is 0 Å². The Morgan fingerprint density at radius 3 is 2.69 bits per heavy atom. The highest BCUT2D eigenvalue weighted by Gasteiger charge is 2.23. The second-order valence-corrected chi connectivity index (χ2v) is 3.84. The number of anilines is 2. The summed E-state index contributed by atoms with van der Waals surface area (Å²) in [4.78, 5) is 26.4. The lowest BCUT2D eigenvalue weighted by molar-refractivity contribution is -0.129. The van der Waals surface area contributed by atoms with Crippen LogP contribution in [0, 0.1) is 0 Å². The van der Waals surface area contributed by atoms with Crippen molar-refractivity contribution < 1.29 is 4.79 Å². The average Bonchev–Trinajstić information content (AvgIpc) is 2.20. The first-order valence-corrected chi connectivity index (χ1v) is 5.10. The number of nitrogens with two attached hydrogens (primary N) is 1. The second-order valence-electron chi connectivity index (χ2n) is 3.50. The van der Waals surface area contributed by atoms with E-state index in [0.29, 0.717) is 19.0 Å². The number of nitrogens with zero attached hydrogens (tertiary/aromatic N) is 5. The second kappa shape index (κ2) is 4.09. The van der Waals surface area contributed by atoms with Crippen LogP contribution in [0.25, 0.3) is 0 Å². The van der Waals surface area contributed by atoms with Gasteiger partial charge in [0.2, 0.25) is 23.1 Å². The van der Waals surface area contributed by atoms with E-state index in [1.807, 2.05) is 0 Å². The van der Waals surface area contributed by atoms with E-state index in [2.05, 4.69) is 15.0 Å². The Morgan fingerprint density at radius 1 is 1.31 bits per heavy atom. The quantitative estimate of drug-likeness (QED) is 0.707. The van der Waals surface area contributed by atoms with Crippen molar-refractivity contribution in [3.8, 4) is 0 Å². The Morgan fingerprint density at radius 2 is 2.06 bits per heavy atom. The van der Waals surface area contributed by atoms with Crippen molar-refractivity contribution >= 4 is 29.4 Å². The number of carbonyl (C=O) groups excluding carboxylic acids is 1. The van der Waals surface area contributed by atoms with Crippen LogP contribution >= 0.6 is 11.6 Å². The number of aromatic nitrogens is 3. The molecule has 1 aromatic rings. The molecular weight excluding hydrogens is 232 g/mol. The van der Waals surface area contributed by atoms with E-state index in [9.17, 15) is 4.79 Å². The van der Waals surface area contributed by atoms with E-state index in [1.54, 1.807) is 16.8 Å². The number of nitrogen functional groups attached to an aromatic ring is 1. The van der Waals surface area contributed by atoms with E-state index in [4.69, 9.17) is 17.3 Å². The summed E-state index contributed by atoms with van der Waals surface area (Å²) in [7, 11) is 1.76. The van der Waals surface area contributed by atoms with Gasteiger partial charge in [0.15, 0.2) is 0 Å². The molecule has 0 unspecified atom stereocenters. The molecule has 1 aliphatic heterocycles. The number of rotatable bonds is 1. The molecule has 16 heavy (non-hydrogen) atoms. The predicted molar refractivity (Wildman–Crippen MR) is 59.1 cm³/mol. The van der Waals surface area contributed by atoms with E-state index in [0.717, 1.165) is 0 Å². The maximum atomic E-state index is 11.5. The molecule has 0 spiro atoms. The minimum atomic E-state index is 0.0151. The van der Waals surface area contributed by atoms with Gasteiger partial charge in [0, 0.05) is 20.1 Å². The highest BCUT2D eigenvalue weighted by atomic mass is 35.5. The van der Waals surface area contributed by atoms with Crippen LogP contribution in [-0.2, 0) is 4.79 Å². The molecule has 0 atom stereocenters. The molecule has 1 amide bonds. The zero-order valence-electron chi connectivity index (χ0n) is 8.72. The van der Waals surface area contributed by atoms with Crippen LogP contribution < -0.4 is 10.6 Å². The van der Waals surface area contributed by atoms with Gasteiger partial charge in [0.25, 0.3) is 0 Å². The lowest BCUT2D eigenvalue weighted by Gasteiger charge is -2.31. The fourth-order valence-electron chi connectivity index (χ4n) is 1.43. The first kappa shape index (κ1) is 10.9. The monoisotopic (exact) mass is 242 g/mol. The van der Waals surface area contributed by atoms with Crippen LogP contribution in [0.15, 0.2) is 0 Å². The number of halogens is 1. The molecule has 2 rings (SSSR count). The van der Waals surface area contributed by atoms with Crippen molar-refractivity contribution in [2.24, 2.45) is 0 Å². The molecule has 2 N–H and O–H groups in total. The molecule has 1 saturated heterocycles. The normalized spacial score (nSPS) is 16.8. The number of amides is 1.